The first-order valence-electron chi connectivity index (χ1n) is 9.86. The van der Waals surface area contributed by atoms with E-state index in [9.17, 15) is 4.79 Å². The first-order valence-corrected chi connectivity index (χ1v) is 9.86. The van der Waals surface area contributed by atoms with Crippen molar-refractivity contribution in [2.45, 2.75) is 57.8 Å². The van der Waals surface area contributed by atoms with E-state index in [1.807, 2.05) is 42.9 Å². The predicted molar refractivity (Wildman–Crippen MR) is 105 cm³/mol. The monoisotopic (exact) mass is 385 g/mol. The average Bonchev–Trinajstić information content (AvgIpc) is 3.22. The lowest BCUT2D eigenvalue weighted by Crippen LogP contribution is -2.25. The Labute approximate surface area is 165 Å². The first kappa shape index (κ1) is 18.8. The third-order valence-corrected chi connectivity index (χ3v) is 5.00. The zero-order valence-corrected chi connectivity index (χ0v) is 16.4. The van der Waals surface area contributed by atoms with E-state index in [1.54, 1.807) is 6.20 Å². The Morgan fingerprint density at radius 2 is 2.29 bits per heavy atom. The molecular formula is C21H27N3O4. The van der Waals surface area contributed by atoms with Crippen LogP contribution in [-0.4, -0.2) is 40.6 Å². The molecule has 1 atom stereocenters. The molecule has 7 heteroatoms. The molecule has 1 unspecified atom stereocenters. The molecule has 7 nitrogen and oxygen atoms in total. The summed E-state index contributed by atoms with van der Waals surface area (Å²) in [5.41, 5.74) is 1.51. The van der Waals surface area contributed by atoms with Crippen LogP contribution in [0.4, 0.5) is 5.69 Å². The summed E-state index contributed by atoms with van der Waals surface area (Å²) < 4.78 is 19.2. The Kier molecular flexibility index (Phi) is 5.26. The van der Waals surface area contributed by atoms with Crippen LogP contribution in [0.1, 0.15) is 38.7 Å². The van der Waals surface area contributed by atoms with Gasteiger partial charge in [0.05, 0.1) is 24.5 Å². The summed E-state index contributed by atoms with van der Waals surface area (Å²) in [6, 6.07) is 5.78. The molecule has 1 N–H and O–H groups in total. The summed E-state index contributed by atoms with van der Waals surface area (Å²) in [4.78, 5) is 12.3. The van der Waals surface area contributed by atoms with Crippen molar-refractivity contribution in [3.8, 4) is 11.5 Å². The molecule has 0 bridgehead atoms. The standard InChI is InChI=1S/C21H27N3O4/c1-21(2)10-15-6-5-8-18(20(15)28-21)27-14-19(25)23-16-11-22-24(12-16)13-17-7-3-4-9-26-17/h5-6,8,11-12,17H,3-4,7,9-10,13-14H2,1-2H3,(H,23,25). The van der Waals surface area contributed by atoms with Crippen molar-refractivity contribution in [1.82, 2.24) is 9.78 Å². The zero-order valence-electron chi connectivity index (χ0n) is 16.4. The number of hydrogen-bond donors (Lipinski definition) is 1. The van der Waals surface area contributed by atoms with Gasteiger partial charge in [-0.2, -0.15) is 5.10 Å². The lowest BCUT2D eigenvalue weighted by Gasteiger charge is -2.22. The number of para-hydroxylation sites is 1. The quantitative estimate of drug-likeness (QED) is 0.827. The molecule has 1 aromatic carbocycles. The van der Waals surface area contributed by atoms with Crippen LogP contribution in [0.2, 0.25) is 0 Å². The maximum atomic E-state index is 12.3. The smallest absolute Gasteiger partial charge is 0.262 e. The summed E-state index contributed by atoms with van der Waals surface area (Å²) in [5.74, 6) is 1.10. The summed E-state index contributed by atoms with van der Waals surface area (Å²) in [7, 11) is 0. The molecule has 4 rings (SSSR count). The molecule has 0 radical (unpaired) electrons. The molecular weight excluding hydrogens is 358 g/mol. The van der Waals surface area contributed by atoms with Crippen molar-refractivity contribution >= 4 is 11.6 Å². The number of nitrogens with one attached hydrogen (secondary N) is 1. The molecule has 1 amide bonds. The SMILES string of the molecule is CC1(C)Cc2cccc(OCC(=O)Nc3cnn(CC4CCCCO4)c3)c2O1. The Hall–Kier alpha value is -2.54. The average molecular weight is 385 g/mol. The van der Waals surface area contributed by atoms with Crippen LogP contribution in [0.3, 0.4) is 0 Å². The van der Waals surface area contributed by atoms with Crippen molar-refractivity contribution in [1.29, 1.82) is 0 Å². The molecule has 2 aliphatic heterocycles. The summed E-state index contributed by atoms with van der Waals surface area (Å²) in [5, 5.41) is 7.13. The maximum absolute atomic E-state index is 12.3. The Morgan fingerprint density at radius 1 is 1.39 bits per heavy atom. The first-order chi connectivity index (χ1) is 13.5. The van der Waals surface area contributed by atoms with Crippen LogP contribution in [-0.2, 0) is 22.5 Å². The van der Waals surface area contributed by atoms with Gasteiger partial charge in [0.25, 0.3) is 5.91 Å². The summed E-state index contributed by atoms with van der Waals surface area (Å²) in [6.07, 6.45) is 7.87. The van der Waals surface area contributed by atoms with Crippen molar-refractivity contribution in [2.24, 2.45) is 0 Å². The number of aromatic nitrogens is 2. The van der Waals surface area contributed by atoms with Crippen LogP contribution in [0.15, 0.2) is 30.6 Å². The number of amides is 1. The van der Waals surface area contributed by atoms with Gasteiger partial charge in [0.2, 0.25) is 0 Å². The molecule has 150 valence electrons. The second-order valence-electron chi connectivity index (χ2n) is 8.06. The minimum atomic E-state index is -0.249. The number of nitrogens with zero attached hydrogens (tertiary/aromatic N) is 2. The highest BCUT2D eigenvalue weighted by Crippen LogP contribution is 2.41. The van der Waals surface area contributed by atoms with Crippen LogP contribution < -0.4 is 14.8 Å². The highest BCUT2D eigenvalue weighted by atomic mass is 16.5. The van der Waals surface area contributed by atoms with Gasteiger partial charge < -0.3 is 19.5 Å². The van der Waals surface area contributed by atoms with Gasteiger partial charge in [0.1, 0.15) is 5.60 Å². The van der Waals surface area contributed by atoms with E-state index >= 15 is 0 Å². The fourth-order valence-electron chi connectivity index (χ4n) is 3.73. The van der Waals surface area contributed by atoms with Crippen molar-refractivity contribution < 1.29 is 19.0 Å². The normalized spacial score (nSPS) is 20.3. The number of hydrogen-bond acceptors (Lipinski definition) is 5. The Bertz CT molecular complexity index is 840. The number of anilines is 1. The van der Waals surface area contributed by atoms with Gasteiger partial charge in [-0.3, -0.25) is 9.48 Å². The van der Waals surface area contributed by atoms with Crippen molar-refractivity contribution in [2.75, 3.05) is 18.5 Å². The van der Waals surface area contributed by atoms with Gasteiger partial charge in [-0.1, -0.05) is 12.1 Å². The van der Waals surface area contributed by atoms with E-state index in [0.29, 0.717) is 18.0 Å². The minimum Gasteiger partial charge on any atom is -0.483 e. The fraction of sp³-hybridized carbons (Fsp3) is 0.524. The highest BCUT2D eigenvalue weighted by Gasteiger charge is 2.32. The maximum Gasteiger partial charge on any atom is 0.262 e. The van der Waals surface area contributed by atoms with E-state index in [4.69, 9.17) is 14.2 Å². The largest absolute Gasteiger partial charge is 0.483 e. The van der Waals surface area contributed by atoms with E-state index in [2.05, 4.69) is 10.4 Å². The third-order valence-electron chi connectivity index (χ3n) is 5.00. The third kappa shape index (κ3) is 4.47. The molecule has 2 aliphatic rings. The second kappa shape index (κ2) is 7.83. The summed E-state index contributed by atoms with van der Waals surface area (Å²) in [6.45, 7) is 5.52. The van der Waals surface area contributed by atoms with Crippen molar-refractivity contribution in [3.63, 3.8) is 0 Å². The van der Waals surface area contributed by atoms with E-state index in [-0.39, 0.29) is 24.2 Å². The van der Waals surface area contributed by atoms with E-state index in [0.717, 1.165) is 37.2 Å². The van der Waals surface area contributed by atoms with E-state index in [1.165, 1.54) is 6.42 Å². The fourth-order valence-corrected chi connectivity index (χ4v) is 3.73. The lowest BCUT2D eigenvalue weighted by molar-refractivity contribution is -0.118. The number of carbonyl (C=O) groups excluding carboxylic acids is 1. The zero-order chi connectivity index (χ0) is 19.6. The Morgan fingerprint density at radius 3 is 3.11 bits per heavy atom. The van der Waals surface area contributed by atoms with Gasteiger partial charge in [0.15, 0.2) is 18.1 Å². The molecule has 1 fully saturated rings. The van der Waals surface area contributed by atoms with Gasteiger partial charge in [-0.25, -0.2) is 0 Å². The summed E-state index contributed by atoms with van der Waals surface area (Å²) >= 11 is 0. The highest BCUT2D eigenvalue weighted by molar-refractivity contribution is 5.91. The minimum absolute atomic E-state index is 0.0862. The predicted octanol–water partition coefficient (Wildman–Crippen LogP) is 3.18. The number of fused-ring (bicyclic) bond motifs is 1. The molecule has 0 saturated carbocycles. The number of carbonyl (C=O) groups is 1. The lowest BCUT2D eigenvalue weighted by atomic mass is 10.0. The molecule has 1 saturated heterocycles. The number of benzene rings is 1. The Balaban J connectivity index is 1.29. The van der Waals surface area contributed by atoms with Crippen LogP contribution in [0, 0.1) is 0 Å². The number of rotatable bonds is 6. The molecule has 0 aliphatic carbocycles. The topological polar surface area (TPSA) is 74.6 Å². The van der Waals surface area contributed by atoms with Crippen LogP contribution >= 0.6 is 0 Å². The van der Waals surface area contributed by atoms with Crippen molar-refractivity contribution in [3.05, 3.63) is 36.2 Å². The molecule has 0 spiro atoms. The molecule has 1 aromatic heterocycles. The number of ether oxygens (including phenoxy) is 3. The van der Waals surface area contributed by atoms with Crippen LogP contribution in [0.25, 0.3) is 0 Å². The van der Waals surface area contributed by atoms with Crippen LogP contribution in [0.5, 0.6) is 11.5 Å². The second-order valence-corrected chi connectivity index (χ2v) is 8.06. The van der Waals surface area contributed by atoms with Gasteiger partial charge in [-0.15, -0.1) is 0 Å². The molecule has 2 aromatic rings. The van der Waals surface area contributed by atoms with Gasteiger partial charge in [0, 0.05) is 24.8 Å². The van der Waals surface area contributed by atoms with Gasteiger partial charge in [-0.05, 0) is 39.2 Å². The molecule has 28 heavy (non-hydrogen) atoms. The molecule has 3 heterocycles. The van der Waals surface area contributed by atoms with E-state index < -0.39 is 0 Å². The van der Waals surface area contributed by atoms with Gasteiger partial charge >= 0.3 is 0 Å².